The molecule has 1 heterocycles. The van der Waals surface area contributed by atoms with Crippen LogP contribution in [0.25, 0.3) is 0 Å². The molecule has 0 aromatic carbocycles. The molecule has 1 rings (SSSR count). The van der Waals surface area contributed by atoms with E-state index in [-0.39, 0.29) is 6.54 Å². The third-order valence-corrected chi connectivity index (χ3v) is 2.52. The van der Waals surface area contributed by atoms with E-state index in [1.54, 1.807) is 5.94 Å². The van der Waals surface area contributed by atoms with Crippen molar-refractivity contribution in [2.75, 3.05) is 27.3 Å². The van der Waals surface area contributed by atoms with Crippen LogP contribution in [-0.2, 0) is 19.1 Å². The Morgan fingerprint density at radius 2 is 2.06 bits per heavy atom. The molecule has 1 atom stereocenters. The fourth-order valence-corrected chi connectivity index (χ4v) is 1.63. The van der Waals surface area contributed by atoms with Crippen LogP contribution in [0.4, 0.5) is 4.79 Å². The number of esters is 1. The van der Waals surface area contributed by atoms with Crippen LogP contribution in [0.1, 0.15) is 6.42 Å². The van der Waals surface area contributed by atoms with E-state index >= 15 is 0 Å². The summed E-state index contributed by atoms with van der Waals surface area (Å²) in [4.78, 5) is 34.6. The minimum absolute atomic E-state index is 0.101. The van der Waals surface area contributed by atoms with Gasteiger partial charge in [-0.1, -0.05) is 0 Å². The topological polar surface area (TPSA) is 72.9 Å². The summed E-state index contributed by atoms with van der Waals surface area (Å²) < 4.78 is 9.11. The standard InChI is InChI=1S/C10H13NO5/c1-15-9(13)8-5-11(10(14)16-2)4-3-7(8)6-12/h8H,3-5H2,1-2H3. The highest BCUT2D eigenvalue weighted by Crippen LogP contribution is 2.22. The predicted octanol–water partition coefficient (Wildman–Crippen LogP) is 0.00570. The number of rotatable bonds is 1. The molecule has 1 saturated heterocycles. The minimum atomic E-state index is -0.727. The Morgan fingerprint density at radius 1 is 1.38 bits per heavy atom. The van der Waals surface area contributed by atoms with Gasteiger partial charge in [0.25, 0.3) is 0 Å². The second-order valence-corrected chi connectivity index (χ2v) is 3.37. The van der Waals surface area contributed by atoms with Crippen LogP contribution in [0.3, 0.4) is 0 Å². The number of methoxy groups -OCH3 is 2. The van der Waals surface area contributed by atoms with Gasteiger partial charge in [0.1, 0.15) is 11.9 Å². The summed E-state index contributed by atoms with van der Waals surface area (Å²) in [7, 11) is 2.50. The van der Waals surface area contributed by atoms with Crippen LogP contribution in [0.5, 0.6) is 0 Å². The van der Waals surface area contributed by atoms with Crippen LogP contribution in [0.2, 0.25) is 0 Å². The Morgan fingerprint density at radius 3 is 2.56 bits per heavy atom. The maximum atomic E-state index is 11.4. The normalized spacial score (nSPS) is 20.0. The van der Waals surface area contributed by atoms with E-state index < -0.39 is 18.0 Å². The smallest absolute Gasteiger partial charge is 0.409 e. The highest BCUT2D eigenvalue weighted by Gasteiger charge is 2.33. The number of ether oxygens (including phenoxy) is 2. The lowest BCUT2D eigenvalue weighted by atomic mass is 9.93. The van der Waals surface area contributed by atoms with Crippen molar-refractivity contribution in [2.24, 2.45) is 5.92 Å². The first kappa shape index (κ1) is 12.3. The Hall–Kier alpha value is -1.81. The number of nitrogens with zero attached hydrogens (tertiary/aromatic N) is 1. The van der Waals surface area contributed by atoms with Gasteiger partial charge in [0.2, 0.25) is 0 Å². The van der Waals surface area contributed by atoms with Crippen LogP contribution in [-0.4, -0.2) is 50.2 Å². The van der Waals surface area contributed by atoms with Gasteiger partial charge < -0.3 is 14.4 Å². The van der Waals surface area contributed by atoms with E-state index in [1.807, 2.05) is 0 Å². The Kier molecular flexibility index (Phi) is 4.08. The first-order valence-corrected chi connectivity index (χ1v) is 4.78. The number of carbonyl (C=O) groups excluding carboxylic acids is 3. The molecule has 88 valence electrons. The maximum Gasteiger partial charge on any atom is 0.409 e. The fourth-order valence-electron chi connectivity index (χ4n) is 1.63. The summed E-state index contributed by atoms with van der Waals surface area (Å²) in [6, 6.07) is 0. The van der Waals surface area contributed by atoms with Gasteiger partial charge in [0, 0.05) is 18.7 Å². The second kappa shape index (κ2) is 5.32. The highest BCUT2D eigenvalue weighted by atomic mass is 16.5. The first-order valence-electron chi connectivity index (χ1n) is 4.78. The van der Waals surface area contributed by atoms with E-state index in [0.717, 1.165) is 0 Å². The van der Waals surface area contributed by atoms with Crippen molar-refractivity contribution in [1.82, 2.24) is 4.90 Å². The molecule has 0 radical (unpaired) electrons. The molecule has 6 heteroatoms. The Labute approximate surface area is 92.8 Å². The first-order chi connectivity index (χ1) is 7.63. The molecule has 0 spiro atoms. The summed E-state index contributed by atoms with van der Waals surface area (Å²) in [6.45, 7) is 0.453. The van der Waals surface area contributed by atoms with E-state index in [9.17, 15) is 14.4 Å². The quantitative estimate of drug-likeness (QED) is 0.466. The van der Waals surface area contributed by atoms with Gasteiger partial charge in [0.15, 0.2) is 0 Å². The van der Waals surface area contributed by atoms with Crippen LogP contribution < -0.4 is 0 Å². The molecule has 1 unspecified atom stereocenters. The summed E-state index contributed by atoms with van der Waals surface area (Å²) in [5.74, 6) is 0.472. The zero-order valence-electron chi connectivity index (χ0n) is 9.19. The molecule has 0 bridgehead atoms. The monoisotopic (exact) mass is 227 g/mol. The van der Waals surface area contributed by atoms with Gasteiger partial charge in [-0.3, -0.25) is 4.79 Å². The molecule has 0 aromatic rings. The molecule has 1 amide bonds. The van der Waals surface area contributed by atoms with E-state index in [1.165, 1.54) is 19.1 Å². The molecule has 6 nitrogen and oxygen atoms in total. The summed E-state index contributed by atoms with van der Waals surface area (Å²) >= 11 is 0. The van der Waals surface area contributed by atoms with Crippen molar-refractivity contribution in [3.63, 3.8) is 0 Å². The maximum absolute atomic E-state index is 11.4. The van der Waals surface area contributed by atoms with Crippen molar-refractivity contribution >= 4 is 18.0 Å². The molecule has 0 N–H and O–H groups in total. The van der Waals surface area contributed by atoms with Gasteiger partial charge in [-0.2, -0.15) is 0 Å². The number of likely N-dealkylation sites (tertiary alicyclic amines) is 1. The van der Waals surface area contributed by atoms with Crippen LogP contribution in [0.15, 0.2) is 5.57 Å². The van der Waals surface area contributed by atoms with E-state index in [0.29, 0.717) is 18.5 Å². The largest absolute Gasteiger partial charge is 0.468 e. The van der Waals surface area contributed by atoms with Crippen molar-refractivity contribution in [3.05, 3.63) is 5.57 Å². The van der Waals surface area contributed by atoms with Crippen LogP contribution >= 0.6 is 0 Å². The lowest BCUT2D eigenvalue weighted by molar-refractivity contribution is -0.145. The lowest BCUT2D eigenvalue weighted by Gasteiger charge is -2.30. The highest BCUT2D eigenvalue weighted by molar-refractivity contribution is 5.81. The Bertz CT molecular complexity index is 345. The van der Waals surface area contributed by atoms with Gasteiger partial charge in [-0.15, -0.1) is 0 Å². The van der Waals surface area contributed by atoms with Crippen molar-refractivity contribution < 1.29 is 23.9 Å². The van der Waals surface area contributed by atoms with Gasteiger partial charge >= 0.3 is 12.1 Å². The predicted molar refractivity (Wildman–Crippen MR) is 53.3 cm³/mol. The molecule has 1 aliphatic rings. The third-order valence-electron chi connectivity index (χ3n) is 2.52. The molecular formula is C10H13NO5. The van der Waals surface area contributed by atoms with Crippen molar-refractivity contribution in [2.45, 2.75) is 6.42 Å². The second-order valence-electron chi connectivity index (χ2n) is 3.37. The number of hydrogen-bond donors (Lipinski definition) is 0. The SMILES string of the molecule is COC(=O)C1CN(C(=O)OC)CCC1=C=O. The van der Waals surface area contributed by atoms with Gasteiger partial charge in [0.05, 0.1) is 14.2 Å². The average Bonchev–Trinajstić information content (AvgIpc) is 2.35. The lowest BCUT2D eigenvalue weighted by Crippen LogP contribution is -2.43. The molecule has 1 fully saturated rings. The number of carbonyl (C=O) groups is 2. The summed E-state index contributed by atoms with van der Waals surface area (Å²) in [5, 5.41) is 0. The molecular weight excluding hydrogens is 214 g/mol. The van der Waals surface area contributed by atoms with E-state index in [4.69, 9.17) is 0 Å². The molecule has 0 aliphatic carbocycles. The zero-order chi connectivity index (χ0) is 12.1. The fraction of sp³-hybridized carbons (Fsp3) is 0.600. The molecule has 0 saturated carbocycles. The van der Waals surface area contributed by atoms with E-state index in [2.05, 4.69) is 9.47 Å². The van der Waals surface area contributed by atoms with Crippen molar-refractivity contribution in [3.8, 4) is 0 Å². The summed E-state index contributed by atoms with van der Waals surface area (Å²) in [6.07, 6.45) is -0.197. The molecule has 1 aliphatic heterocycles. The van der Waals surface area contributed by atoms with Crippen molar-refractivity contribution in [1.29, 1.82) is 0 Å². The van der Waals surface area contributed by atoms with Gasteiger partial charge in [-0.05, 0) is 6.42 Å². The molecule has 0 aromatic heterocycles. The zero-order valence-corrected chi connectivity index (χ0v) is 9.19. The number of piperidine rings is 1. The van der Waals surface area contributed by atoms with Gasteiger partial charge in [-0.25, -0.2) is 9.59 Å². The minimum Gasteiger partial charge on any atom is -0.468 e. The Balaban J connectivity index is 2.81. The van der Waals surface area contributed by atoms with Crippen LogP contribution in [0, 0.1) is 5.92 Å². The number of hydrogen-bond acceptors (Lipinski definition) is 5. The average molecular weight is 227 g/mol. The third kappa shape index (κ3) is 2.41. The summed E-state index contributed by atoms with van der Waals surface area (Å²) in [5.41, 5.74) is 0.340. The number of amides is 1. The molecule has 16 heavy (non-hydrogen) atoms.